The van der Waals surface area contributed by atoms with E-state index < -0.39 is 22.5 Å². The molecular weight excluding hydrogens is 457 g/mol. The molecule has 1 saturated heterocycles. The lowest BCUT2D eigenvalue weighted by Gasteiger charge is -2.33. The van der Waals surface area contributed by atoms with E-state index >= 15 is 0 Å². The molecule has 7 nitrogen and oxygen atoms in total. The van der Waals surface area contributed by atoms with E-state index in [1.165, 1.54) is 52.9 Å². The van der Waals surface area contributed by atoms with Gasteiger partial charge in [0.1, 0.15) is 18.1 Å². The van der Waals surface area contributed by atoms with Gasteiger partial charge in [0.05, 0.1) is 18.6 Å². The Morgan fingerprint density at radius 2 is 1.85 bits per heavy atom. The van der Waals surface area contributed by atoms with Crippen molar-refractivity contribution in [2.75, 3.05) is 34.5 Å². The Morgan fingerprint density at radius 3 is 2.62 bits per heavy atom. The summed E-state index contributed by atoms with van der Waals surface area (Å²) < 4.78 is 18.7. The highest BCUT2D eigenvalue weighted by Crippen LogP contribution is 2.55. The zero-order valence-corrected chi connectivity index (χ0v) is 19.0. The molecular formula is C25H20FN3O4S. The Kier molecular flexibility index (Phi) is 5.49. The van der Waals surface area contributed by atoms with Crippen LogP contribution in [0.4, 0.5) is 21.5 Å². The van der Waals surface area contributed by atoms with Crippen molar-refractivity contribution >= 4 is 46.5 Å². The lowest BCUT2D eigenvalue weighted by Crippen LogP contribution is -2.50. The fourth-order valence-corrected chi connectivity index (χ4v) is 5.71. The summed E-state index contributed by atoms with van der Waals surface area (Å²) in [5, 5.41) is 2.79. The van der Waals surface area contributed by atoms with Crippen molar-refractivity contribution in [2.45, 2.75) is 4.87 Å². The van der Waals surface area contributed by atoms with Gasteiger partial charge in [-0.2, -0.15) is 0 Å². The van der Waals surface area contributed by atoms with Gasteiger partial charge in [-0.05, 0) is 42.5 Å². The Hall–Kier alpha value is -3.85. The summed E-state index contributed by atoms with van der Waals surface area (Å²) in [6.45, 7) is -0.235. The van der Waals surface area contributed by atoms with Gasteiger partial charge in [-0.25, -0.2) is 4.39 Å². The number of amides is 3. The number of anilines is 3. The largest absolute Gasteiger partial charge is 0.497 e. The molecule has 34 heavy (non-hydrogen) atoms. The predicted octanol–water partition coefficient (Wildman–Crippen LogP) is 3.75. The molecule has 172 valence electrons. The molecule has 0 bridgehead atoms. The molecule has 0 aliphatic carbocycles. The number of para-hydroxylation sites is 1. The standard InChI is InChI=1S/C25H20FN3O4S/c1-33-19-6-4-5-17(13-19)27-22(30)14-28-21-8-3-2-7-20(21)25(24(28)32)29(23(31)15-34-25)18-11-9-16(26)10-12-18/h2-13H,14-15H2,1H3,(H,27,30)/t25-/m0/s1. The molecule has 2 aliphatic heterocycles. The molecule has 1 N–H and O–H groups in total. The normalized spacial score (nSPS) is 19.0. The first-order valence-electron chi connectivity index (χ1n) is 10.5. The number of fused-ring (bicyclic) bond motifs is 2. The number of nitrogens with one attached hydrogen (secondary N) is 1. The molecule has 0 aromatic heterocycles. The van der Waals surface area contributed by atoms with Crippen molar-refractivity contribution in [3.05, 3.63) is 84.2 Å². The third-order valence-electron chi connectivity index (χ3n) is 5.80. The van der Waals surface area contributed by atoms with E-state index in [9.17, 15) is 18.8 Å². The van der Waals surface area contributed by atoms with Crippen LogP contribution in [0.25, 0.3) is 0 Å². The average molecular weight is 478 g/mol. The summed E-state index contributed by atoms with van der Waals surface area (Å²) >= 11 is 1.20. The van der Waals surface area contributed by atoms with E-state index in [2.05, 4.69) is 5.32 Å². The Labute approximate surface area is 199 Å². The number of hydrogen-bond acceptors (Lipinski definition) is 5. The van der Waals surface area contributed by atoms with Gasteiger partial charge in [0.15, 0.2) is 0 Å². The third kappa shape index (κ3) is 3.49. The van der Waals surface area contributed by atoms with Crippen LogP contribution in [0.1, 0.15) is 5.56 Å². The quantitative estimate of drug-likeness (QED) is 0.606. The Balaban J connectivity index is 1.49. The molecule has 3 amide bonds. The van der Waals surface area contributed by atoms with Crippen LogP contribution in [0.5, 0.6) is 5.75 Å². The van der Waals surface area contributed by atoms with Gasteiger partial charge in [-0.3, -0.25) is 24.2 Å². The molecule has 0 radical (unpaired) electrons. The van der Waals surface area contributed by atoms with Crippen LogP contribution >= 0.6 is 11.8 Å². The predicted molar refractivity (Wildman–Crippen MR) is 128 cm³/mol. The van der Waals surface area contributed by atoms with Gasteiger partial charge >= 0.3 is 0 Å². The summed E-state index contributed by atoms with van der Waals surface area (Å²) in [6.07, 6.45) is 0. The van der Waals surface area contributed by atoms with Crippen LogP contribution in [-0.4, -0.2) is 37.1 Å². The first kappa shape index (κ1) is 22.0. The number of ether oxygens (including phenoxy) is 1. The first-order valence-corrected chi connectivity index (χ1v) is 11.5. The number of methoxy groups -OCH3 is 1. The van der Waals surface area contributed by atoms with Crippen LogP contribution in [0, 0.1) is 5.82 Å². The highest BCUT2D eigenvalue weighted by Gasteiger charge is 2.61. The Morgan fingerprint density at radius 1 is 1.09 bits per heavy atom. The minimum Gasteiger partial charge on any atom is -0.497 e. The van der Waals surface area contributed by atoms with E-state index in [0.717, 1.165) is 0 Å². The molecule has 5 rings (SSSR count). The maximum absolute atomic E-state index is 13.9. The maximum Gasteiger partial charge on any atom is 0.269 e. The highest BCUT2D eigenvalue weighted by atomic mass is 32.2. The SMILES string of the molecule is COc1cccc(NC(=O)CN2C(=O)[C@@]3(SCC(=O)N3c3ccc(F)cc3)c3ccccc32)c1. The molecule has 1 spiro atoms. The zero-order chi connectivity index (χ0) is 23.9. The van der Waals surface area contributed by atoms with Gasteiger partial charge in [0.25, 0.3) is 5.91 Å². The molecule has 2 aliphatic rings. The third-order valence-corrected chi connectivity index (χ3v) is 7.19. The van der Waals surface area contributed by atoms with Crippen molar-refractivity contribution in [1.29, 1.82) is 0 Å². The van der Waals surface area contributed by atoms with Crippen LogP contribution in [-0.2, 0) is 19.3 Å². The van der Waals surface area contributed by atoms with Gasteiger partial charge in [-0.1, -0.05) is 24.3 Å². The molecule has 9 heteroatoms. The lowest BCUT2D eigenvalue weighted by atomic mass is 10.0. The molecule has 1 fully saturated rings. The second kappa shape index (κ2) is 8.49. The van der Waals surface area contributed by atoms with Gasteiger partial charge in [-0.15, -0.1) is 11.8 Å². The lowest BCUT2D eigenvalue weighted by molar-refractivity contribution is -0.124. The van der Waals surface area contributed by atoms with E-state index in [4.69, 9.17) is 4.74 Å². The number of hydrogen-bond donors (Lipinski definition) is 1. The second-order valence-electron chi connectivity index (χ2n) is 7.83. The molecule has 2 heterocycles. The average Bonchev–Trinajstić information content (AvgIpc) is 3.31. The van der Waals surface area contributed by atoms with Crippen molar-refractivity contribution in [3.63, 3.8) is 0 Å². The van der Waals surface area contributed by atoms with Crippen molar-refractivity contribution in [3.8, 4) is 5.75 Å². The van der Waals surface area contributed by atoms with Crippen LogP contribution in [0.3, 0.4) is 0 Å². The number of halogens is 1. The Bertz CT molecular complexity index is 1300. The topological polar surface area (TPSA) is 79.0 Å². The summed E-state index contributed by atoms with van der Waals surface area (Å²) in [4.78, 5) is 41.2. The van der Waals surface area contributed by atoms with Crippen molar-refractivity contribution < 1.29 is 23.5 Å². The van der Waals surface area contributed by atoms with Crippen LogP contribution < -0.4 is 19.9 Å². The zero-order valence-electron chi connectivity index (χ0n) is 18.2. The maximum atomic E-state index is 13.9. The fraction of sp³-hybridized carbons (Fsp3) is 0.160. The van der Waals surface area contributed by atoms with E-state index in [-0.39, 0.29) is 18.2 Å². The minimum atomic E-state index is -1.36. The van der Waals surface area contributed by atoms with E-state index in [1.807, 2.05) is 0 Å². The minimum absolute atomic E-state index is 0.0846. The molecule has 1 atom stereocenters. The van der Waals surface area contributed by atoms with Crippen molar-refractivity contribution in [2.24, 2.45) is 0 Å². The molecule has 3 aromatic carbocycles. The summed E-state index contributed by atoms with van der Waals surface area (Å²) in [7, 11) is 1.54. The van der Waals surface area contributed by atoms with E-state index in [0.29, 0.717) is 28.4 Å². The molecule has 0 saturated carbocycles. The van der Waals surface area contributed by atoms with Gasteiger partial charge in [0.2, 0.25) is 16.7 Å². The summed E-state index contributed by atoms with van der Waals surface area (Å²) in [6, 6.07) is 19.5. The van der Waals surface area contributed by atoms with E-state index in [1.54, 1.807) is 48.5 Å². The number of carbonyl (C=O) groups excluding carboxylic acids is 3. The fourth-order valence-electron chi connectivity index (χ4n) is 4.35. The number of rotatable bonds is 5. The molecule has 0 unspecified atom stereocenters. The number of nitrogens with zero attached hydrogens (tertiary/aromatic N) is 2. The highest BCUT2D eigenvalue weighted by molar-refractivity contribution is 8.02. The van der Waals surface area contributed by atoms with Gasteiger partial charge < -0.3 is 10.1 Å². The van der Waals surface area contributed by atoms with Crippen LogP contribution in [0.2, 0.25) is 0 Å². The first-order chi connectivity index (χ1) is 16.4. The number of benzene rings is 3. The molecule has 3 aromatic rings. The number of carbonyl (C=O) groups is 3. The van der Waals surface area contributed by atoms with Crippen molar-refractivity contribution in [1.82, 2.24) is 0 Å². The van der Waals surface area contributed by atoms with Crippen LogP contribution in [0.15, 0.2) is 72.8 Å². The van der Waals surface area contributed by atoms with Gasteiger partial charge in [0, 0.05) is 23.0 Å². The summed E-state index contributed by atoms with van der Waals surface area (Å²) in [5.41, 5.74) is 2.14. The summed E-state index contributed by atoms with van der Waals surface area (Å²) in [5.74, 6) is -0.809. The monoisotopic (exact) mass is 477 g/mol. The second-order valence-corrected chi connectivity index (χ2v) is 9.00. The number of thioether (sulfide) groups is 1. The smallest absolute Gasteiger partial charge is 0.269 e.